The van der Waals surface area contributed by atoms with Crippen molar-refractivity contribution >= 4 is 23.2 Å². The highest BCUT2D eigenvalue weighted by molar-refractivity contribution is 6.31. The molecule has 0 unspecified atom stereocenters. The fraction of sp³-hybridized carbons (Fsp3) is 0.125. The first-order chi connectivity index (χ1) is 10.1. The molecule has 0 radical (unpaired) electrons. The van der Waals surface area contributed by atoms with E-state index < -0.39 is 5.82 Å². The molecule has 5 heteroatoms. The van der Waals surface area contributed by atoms with Crippen LogP contribution in [0.4, 0.5) is 10.1 Å². The average Bonchev–Trinajstić information content (AvgIpc) is 2.50. The van der Waals surface area contributed by atoms with Crippen molar-refractivity contribution in [3.63, 3.8) is 0 Å². The van der Waals surface area contributed by atoms with Crippen molar-refractivity contribution in [1.82, 2.24) is 0 Å². The molecule has 2 rings (SSSR count). The fourth-order valence-corrected chi connectivity index (χ4v) is 1.99. The summed E-state index contributed by atoms with van der Waals surface area (Å²) in [6.45, 7) is 0. The van der Waals surface area contributed by atoms with E-state index in [9.17, 15) is 9.18 Å². The lowest BCUT2D eigenvalue weighted by Crippen LogP contribution is -2.13. The SMILES string of the molecule is N#Cc1ccc(CCC(=O)Nc2cccc(Cl)c2F)cc1. The molecular formula is C16H12ClFN2O. The van der Waals surface area contributed by atoms with E-state index in [1.54, 1.807) is 30.3 Å². The molecule has 0 saturated carbocycles. The Bertz CT molecular complexity index is 692. The van der Waals surface area contributed by atoms with Crippen LogP contribution >= 0.6 is 11.6 Å². The number of carbonyl (C=O) groups is 1. The van der Waals surface area contributed by atoms with Crippen LogP contribution in [0.1, 0.15) is 17.5 Å². The highest BCUT2D eigenvalue weighted by Gasteiger charge is 2.09. The zero-order chi connectivity index (χ0) is 15.2. The second-order valence-corrected chi connectivity index (χ2v) is 4.87. The Morgan fingerprint density at radius 2 is 1.95 bits per heavy atom. The lowest BCUT2D eigenvalue weighted by Gasteiger charge is -2.07. The predicted octanol–water partition coefficient (Wildman–Crippen LogP) is 3.92. The number of benzene rings is 2. The minimum atomic E-state index is -0.633. The molecule has 0 saturated heterocycles. The van der Waals surface area contributed by atoms with Gasteiger partial charge < -0.3 is 5.32 Å². The summed E-state index contributed by atoms with van der Waals surface area (Å²) in [5, 5.41) is 11.2. The standard InChI is InChI=1S/C16H12ClFN2O/c17-13-2-1-3-14(16(13)18)20-15(21)9-8-11-4-6-12(10-19)7-5-11/h1-7H,8-9H2,(H,20,21). The second kappa shape index (κ2) is 6.87. The number of aryl methyl sites for hydroxylation is 1. The van der Waals surface area contributed by atoms with Gasteiger partial charge in [-0.05, 0) is 36.2 Å². The van der Waals surface area contributed by atoms with E-state index in [0.717, 1.165) is 5.56 Å². The summed E-state index contributed by atoms with van der Waals surface area (Å²) in [5.41, 5.74) is 1.59. The molecule has 1 N–H and O–H groups in total. The predicted molar refractivity (Wildman–Crippen MR) is 79.5 cm³/mol. The maximum Gasteiger partial charge on any atom is 0.224 e. The van der Waals surface area contributed by atoms with Gasteiger partial charge in [0.2, 0.25) is 5.91 Å². The summed E-state index contributed by atoms with van der Waals surface area (Å²) in [6, 6.07) is 13.5. The molecule has 0 aliphatic heterocycles. The van der Waals surface area contributed by atoms with Crippen LogP contribution in [0.15, 0.2) is 42.5 Å². The molecule has 0 spiro atoms. The molecule has 0 atom stereocenters. The summed E-state index contributed by atoms with van der Waals surface area (Å²) in [6.07, 6.45) is 0.734. The average molecular weight is 303 g/mol. The third kappa shape index (κ3) is 4.04. The summed E-state index contributed by atoms with van der Waals surface area (Å²) in [7, 11) is 0. The van der Waals surface area contributed by atoms with Gasteiger partial charge in [-0.25, -0.2) is 4.39 Å². The highest BCUT2D eigenvalue weighted by Crippen LogP contribution is 2.22. The normalized spacial score (nSPS) is 9.95. The van der Waals surface area contributed by atoms with Crippen molar-refractivity contribution in [1.29, 1.82) is 5.26 Å². The zero-order valence-corrected chi connectivity index (χ0v) is 11.8. The van der Waals surface area contributed by atoms with Gasteiger partial charge in [-0.2, -0.15) is 5.26 Å². The van der Waals surface area contributed by atoms with E-state index in [1.165, 1.54) is 12.1 Å². The van der Waals surface area contributed by atoms with Crippen molar-refractivity contribution < 1.29 is 9.18 Å². The van der Waals surface area contributed by atoms with Gasteiger partial charge in [-0.15, -0.1) is 0 Å². The van der Waals surface area contributed by atoms with Gasteiger partial charge in [0.1, 0.15) is 0 Å². The number of nitrogens with one attached hydrogen (secondary N) is 1. The van der Waals surface area contributed by atoms with Crippen molar-refractivity contribution in [3.05, 3.63) is 64.4 Å². The number of rotatable bonds is 4. The Morgan fingerprint density at radius 3 is 2.62 bits per heavy atom. The molecule has 21 heavy (non-hydrogen) atoms. The summed E-state index contributed by atoms with van der Waals surface area (Å²) < 4.78 is 13.6. The van der Waals surface area contributed by atoms with Crippen LogP contribution in [0, 0.1) is 17.1 Å². The van der Waals surface area contributed by atoms with E-state index >= 15 is 0 Å². The third-order valence-electron chi connectivity index (χ3n) is 2.95. The van der Waals surface area contributed by atoms with Gasteiger partial charge in [0, 0.05) is 6.42 Å². The monoisotopic (exact) mass is 302 g/mol. The zero-order valence-electron chi connectivity index (χ0n) is 11.1. The van der Waals surface area contributed by atoms with E-state index in [2.05, 4.69) is 5.32 Å². The fourth-order valence-electron chi connectivity index (χ4n) is 1.82. The molecule has 2 aromatic carbocycles. The molecule has 3 nitrogen and oxygen atoms in total. The quantitative estimate of drug-likeness (QED) is 0.930. The van der Waals surface area contributed by atoms with E-state index in [-0.39, 0.29) is 23.0 Å². The smallest absolute Gasteiger partial charge is 0.224 e. The topological polar surface area (TPSA) is 52.9 Å². The first kappa shape index (κ1) is 15.0. The van der Waals surface area contributed by atoms with Crippen LogP contribution in [-0.4, -0.2) is 5.91 Å². The van der Waals surface area contributed by atoms with Crippen LogP contribution in [0.5, 0.6) is 0 Å². The molecular weight excluding hydrogens is 291 g/mol. The van der Waals surface area contributed by atoms with Crippen LogP contribution < -0.4 is 5.32 Å². The van der Waals surface area contributed by atoms with E-state index in [0.29, 0.717) is 12.0 Å². The van der Waals surface area contributed by atoms with Crippen LogP contribution in [0.3, 0.4) is 0 Å². The Morgan fingerprint density at radius 1 is 1.24 bits per heavy atom. The van der Waals surface area contributed by atoms with Gasteiger partial charge in [-0.3, -0.25) is 4.79 Å². The van der Waals surface area contributed by atoms with Crippen LogP contribution in [-0.2, 0) is 11.2 Å². The minimum Gasteiger partial charge on any atom is -0.324 e. The Kier molecular flexibility index (Phi) is 4.91. The molecule has 0 heterocycles. The highest BCUT2D eigenvalue weighted by atomic mass is 35.5. The first-order valence-electron chi connectivity index (χ1n) is 6.33. The number of hydrogen-bond donors (Lipinski definition) is 1. The van der Waals surface area contributed by atoms with Gasteiger partial charge >= 0.3 is 0 Å². The summed E-state index contributed by atoms with van der Waals surface area (Å²) in [5.74, 6) is -0.925. The number of nitriles is 1. The Balaban J connectivity index is 1.93. The van der Waals surface area contributed by atoms with Crippen molar-refractivity contribution in [2.45, 2.75) is 12.8 Å². The third-order valence-corrected chi connectivity index (χ3v) is 3.24. The maximum atomic E-state index is 13.6. The Labute approximate surface area is 127 Å². The minimum absolute atomic E-state index is 0.0279. The molecule has 0 bridgehead atoms. The molecule has 2 aromatic rings. The summed E-state index contributed by atoms with van der Waals surface area (Å²) >= 11 is 5.65. The number of amides is 1. The summed E-state index contributed by atoms with van der Waals surface area (Å²) in [4.78, 5) is 11.8. The maximum absolute atomic E-state index is 13.6. The van der Waals surface area contributed by atoms with Crippen LogP contribution in [0.2, 0.25) is 5.02 Å². The first-order valence-corrected chi connectivity index (χ1v) is 6.71. The molecule has 106 valence electrons. The number of halogens is 2. The molecule has 0 fully saturated rings. The number of carbonyl (C=O) groups excluding carboxylic acids is 1. The number of anilines is 1. The van der Waals surface area contributed by atoms with Gasteiger partial charge in [-0.1, -0.05) is 29.8 Å². The van der Waals surface area contributed by atoms with E-state index in [1.807, 2.05) is 6.07 Å². The van der Waals surface area contributed by atoms with Crippen molar-refractivity contribution in [2.75, 3.05) is 5.32 Å². The number of hydrogen-bond acceptors (Lipinski definition) is 2. The molecule has 0 aliphatic carbocycles. The molecule has 0 aliphatic rings. The number of nitrogens with zero attached hydrogens (tertiary/aromatic N) is 1. The van der Waals surface area contributed by atoms with Gasteiger partial charge in [0.15, 0.2) is 5.82 Å². The second-order valence-electron chi connectivity index (χ2n) is 4.46. The lowest BCUT2D eigenvalue weighted by molar-refractivity contribution is -0.116. The molecule has 1 amide bonds. The van der Waals surface area contributed by atoms with Crippen molar-refractivity contribution in [2.24, 2.45) is 0 Å². The van der Waals surface area contributed by atoms with Gasteiger partial charge in [0.05, 0.1) is 22.3 Å². The Hall–Kier alpha value is -2.38. The largest absolute Gasteiger partial charge is 0.324 e. The molecule has 0 aromatic heterocycles. The van der Waals surface area contributed by atoms with E-state index in [4.69, 9.17) is 16.9 Å². The van der Waals surface area contributed by atoms with Crippen LogP contribution in [0.25, 0.3) is 0 Å². The lowest BCUT2D eigenvalue weighted by atomic mass is 10.1. The van der Waals surface area contributed by atoms with Gasteiger partial charge in [0.25, 0.3) is 0 Å². The van der Waals surface area contributed by atoms with Crippen molar-refractivity contribution in [3.8, 4) is 6.07 Å².